The van der Waals surface area contributed by atoms with Gasteiger partial charge in [0.2, 0.25) is 0 Å². The molecule has 0 aliphatic rings. The normalized spacial score (nSPS) is 14.0. The molecule has 1 N–H and O–H groups in total. The summed E-state index contributed by atoms with van der Waals surface area (Å²) in [6, 6.07) is 2.31. The van der Waals surface area contributed by atoms with E-state index >= 15 is 0 Å². The van der Waals surface area contributed by atoms with Gasteiger partial charge in [-0.3, -0.25) is 5.32 Å². The summed E-state index contributed by atoms with van der Waals surface area (Å²) in [6.45, 7) is 8.13. The van der Waals surface area contributed by atoms with Crippen molar-refractivity contribution in [2.24, 2.45) is 0 Å². The third-order valence-corrected chi connectivity index (χ3v) is 2.79. The summed E-state index contributed by atoms with van der Waals surface area (Å²) in [6.07, 6.45) is 2.59. The van der Waals surface area contributed by atoms with Gasteiger partial charge in [-0.25, -0.2) is 0 Å². The molecule has 0 radical (unpaired) electrons. The molecule has 0 aromatic heterocycles. The van der Waals surface area contributed by atoms with Crippen molar-refractivity contribution in [3.8, 4) is 6.07 Å². The first-order chi connectivity index (χ1) is 9.18. The number of ether oxygens (including phenoxy) is 3. The summed E-state index contributed by atoms with van der Waals surface area (Å²) in [5, 5.41) is 12.3. The average molecular weight is 272 g/mol. The van der Waals surface area contributed by atoms with Crippen LogP contribution in [0.15, 0.2) is 0 Å². The molecule has 5 nitrogen and oxygen atoms in total. The summed E-state index contributed by atoms with van der Waals surface area (Å²) in [4.78, 5) is 0. The zero-order valence-electron chi connectivity index (χ0n) is 12.5. The van der Waals surface area contributed by atoms with Crippen LogP contribution in [0.25, 0.3) is 0 Å². The number of hydrogen-bond donors (Lipinski definition) is 1. The second-order valence-corrected chi connectivity index (χ2v) is 4.65. The second kappa shape index (κ2) is 12.4. The van der Waals surface area contributed by atoms with E-state index in [2.05, 4.69) is 11.4 Å². The van der Waals surface area contributed by atoms with E-state index in [1.165, 1.54) is 0 Å². The molecule has 1 unspecified atom stereocenters. The van der Waals surface area contributed by atoms with Gasteiger partial charge in [0.05, 0.1) is 19.3 Å². The zero-order valence-corrected chi connectivity index (χ0v) is 12.5. The first-order valence-electron chi connectivity index (χ1n) is 6.99. The fourth-order valence-electron chi connectivity index (χ4n) is 1.71. The Kier molecular flexibility index (Phi) is 11.9. The van der Waals surface area contributed by atoms with Gasteiger partial charge in [0.15, 0.2) is 0 Å². The van der Waals surface area contributed by atoms with Gasteiger partial charge >= 0.3 is 0 Å². The highest BCUT2D eigenvalue weighted by atomic mass is 16.5. The van der Waals surface area contributed by atoms with Crippen LogP contribution in [0.2, 0.25) is 0 Å². The maximum absolute atomic E-state index is 9.08. The first kappa shape index (κ1) is 18.3. The summed E-state index contributed by atoms with van der Waals surface area (Å²) >= 11 is 0. The molecular formula is C14H28N2O3. The summed E-state index contributed by atoms with van der Waals surface area (Å²) in [5.41, 5.74) is -0.429. The minimum Gasteiger partial charge on any atom is -0.382 e. The van der Waals surface area contributed by atoms with Gasteiger partial charge in [0.1, 0.15) is 5.54 Å². The zero-order chi connectivity index (χ0) is 14.4. The Bertz CT molecular complexity index is 243. The molecule has 112 valence electrons. The van der Waals surface area contributed by atoms with Crippen LogP contribution in [-0.2, 0) is 14.2 Å². The minimum atomic E-state index is -0.429. The van der Waals surface area contributed by atoms with E-state index in [4.69, 9.17) is 19.5 Å². The van der Waals surface area contributed by atoms with E-state index in [1.807, 2.05) is 13.8 Å². The number of nitriles is 1. The van der Waals surface area contributed by atoms with Crippen LogP contribution < -0.4 is 5.32 Å². The predicted octanol–water partition coefficient (Wildman–Crippen LogP) is 1.73. The monoisotopic (exact) mass is 272 g/mol. The van der Waals surface area contributed by atoms with E-state index in [9.17, 15) is 0 Å². The lowest BCUT2D eigenvalue weighted by atomic mass is 9.98. The lowest BCUT2D eigenvalue weighted by Gasteiger charge is -2.22. The van der Waals surface area contributed by atoms with Crippen molar-refractivity contribution in [3.63, 3.8) is 0 Å². The predicted molar refractivity (Wildman–Crippen MR) is 75.1 cm³/mol. The molecule has 0 aliphatic carbocycles. The Labute approximate surface area is 117 Å². The van der Waals surface area contributed by atoms with Crippen molar-refractivity contribution in [2.45, 2.75) is 38.6 Å². The van der Waals surface area contributed by atoms with E-state index in [0.717, 1.165) is 25.8 Å². The van der Waals surface area contributed by atoms with Crippen molar-refractivity contribution in [3.05, 3.63) is 0 Å². The maximum Gasteiger partial charge on any atom is 0.104 e. The third kappa shape index (κ3) is 10.9. The highest BCUT2D eigenvalue weighted by Gasteiger charge is 2.21. The standard InChI is InChI=1S/C14H28N2O3/c1-4-16-14(2,13-15)7-5-8-18-9-6-10-19-12-11-17-3/h16H,4-12H2,1-3H3. The van der Waals surface area contributed by atoms with E-state index < -0.39 is 5.54 Å². The smallest absolute Gasteiger partial charge is 0.104 e. The van der Waals surface area contributed by atoms with Gasteiger partial charge in [-0.2, -0.15) is 5.26 Å². The summed E-state index contributed by atoms with van der Waals surface area (Å²) in [5.74, 6) is 0. The number of hydrogen-bond acceptors (Lipinski definition) is 5. The Hall–Kier alpha value is -0.670. The molecule has 0 aromatic rings. The summed E-state index contributed by atoms with van der Waals surface area (Å²) in [7, 11) is 1.66. The van der Waals surface area contributed by atoms with Gasteiger partial charge in [-0.05, 0) is 32.7 Å². The molecule has 0 fully saturated rings. The number of nitrogens with zero attached hydrogens (tertiary/aromatic N) is 1. The van der Waals surface area contributed by atoms with Crippen LogP contribution in [0.3, 0.4) is 0 Å². The van der Waals surface area contributed by atoms with Crippen LogP contribution in [0, 0.1) is 11.3 Å². The lowest BCUT2D eigenvalue weighted by Crippen LogP contribution is -2.40. The molecule has 0 heterocycles. The lowest BCUT2D eigenvalue weighted by molar-refractivity contribution is 0.0503. The van der Waals surface area contributed by atoms with Crippen LogP contribution >= 0.6 is 0 Å². The Morgan fingerprint density at radius 2 is 1.68 bits per heavy atom. The Morgan fingerprint density at radius 3 is 2.26 bits per heavy atom. The molecule has 0 amide bonds. The molecule has 0 aromatic carbocycles. The van der Waals surface area contributed by atoms with E-state index in [0.29, 0.717) is 33.0 Å². The third-order valence-electron chi connectivity index (χ3n) is 2.79. The molecule has 1 atom stereocenters. The minimum absolute atomic E-state index is 0.429. The van der Waals surface area contributed by atoms with E-state index in [1.54, 1.807) is 7.11 Å². The Balaban J connectivity index is 3.33. The molecule has 0 saturated heterocycles. The van der Waals surface area contributed by atoms with Crippen molar-refractivity contribution >= 4 is 0 Å². The molecular weight excluding hydrogens is 244 g/mol. The van der Waals surface area contributed by atoms with Crippen molar-refractivity contribution < 1.29 is 14.2 Å². The first-order valence-corrected chi connectivity index (χ1v) is 6.99. The fourth-order valence-corrected chi connectivity index (χ4v) is 1.71. The van der Waals surface area contributed by atoms with Gasteiger partial charge in [0, 0.05) is 26.9 Å². The fraction of sp³-hybridized carbons (Fsp3) is 0.929. The quantitative estimate of drug-likeness (QED) is 0.517. The molecule has 0 spiro atoms. The van der Waals surface area contributed by atoms with Gasteiger partial charge in [-0.15, -0.1) is 0 Å². The molecule has 0 aliphatic heterocycles. The topological polar surface area (TPSA) is 63.5 Å². The molecule has 0 bridgehead atoms. The highest BCUT2D eigenvalue weighted by Crippen LogP contribution is 2.10. The Morgan fingerprint density at radius 1 is 1.05 bits per heavy atom. The van der Waals surface area contributed by atoms with Crippen LogP contribution in [0.4, 0.5) is 0 Å². The largest absolute Gasteiger partial charge is 0.382 e. The van der Waals surface area contributed by atoms with Crippen molar-refractivity contribution in [1.29, 1.82) is 5.26 Å². The van der Waals surface area contributed by atoms with Gasteiger partial charge in [0.25, 0.3) is 0 Å². The highest BCUT2D eigenvalue weighted by molar-refractivity contribution is 5.03. The van der Waals surface area contributed by atoms with E-state index in [-0.39, 0.29) is 0 Å². The number of rotatable bonds is 13. The van der Waals surface area contributed by atoms with Crippen LogP contribution in [0.1, 0.15) is 33.1 Å². The number of nitrogens with one attached hydrogen (secondary N) is 1. The SMILES string of the molecule is CCNC(C)(C#N)CCCOCCCOCCOC. The summed E-state index contributed by atoms with van der Waals surface area (Å²) < 4.78 is 15.7. The van der Waals surface area contributed by atoms with Gasteiger partial charge in [-0.1, -0.05) is 6.92 Å². The van der Waals surface area contributed by atoms with Crippen molar-refractivity contribution in [2.75, 3.05) is 46.7 Å². The van der Waals surface area contributed by atoms with Crippen LogP contribution in [-0.4, -0.2) is 52.2 Å². The molecule has 0 saturated carbocycles. The van der Waals surface area contributed by atoms with Gasteiger partial charge < -0.3 is 14.2 Å². The van der Waals surface area contributed by atoms with Crippen molar-refractivity contribution in [1.82, 2.24) is 5.32 Å². The average Bonchev–Trinajstić information content (AvgIpc) is 2.41. The van der Waals surface area contributed by atoms with Crippen LogP contribution in [0.5, 0.6) is 0 Å². The molecule has 0 rings (SSSR count). The second-order valence-electron chi connectivity index (χ2n) is 4.65. The molecule has 19 heavy (non-hydrogen) atoms. The molecule has 5 heteroatoms. The maximum atomic E-state index is 9.08. The number of methoxy groups -OCH3 is 1.